The Morgan fingerprint density at radius 3 is 2.81 bits per heavy atom. The molecule has 1 aliphatic rings. The van der Waals surface area contributed by atoms with Crippen LogP contribution < -0.4 is 14.2 Å². The second-order valence-electron chi connectivity index (χ2n) is 3.44. The van der Waals surface area contributed by atoms with Gasteiger partial charge < -0.3 is 19.3 Å². The Labute approximate surface area is 94.1 Å². The minimum atomic E-state index is -0.0835. The summed E-state index contributed by atoms with van der Waals surface area (Å²) in [6.45, 7) is 3.77. The zero-order valence-corrected chi connectivity index (χ0v) is 9.16. The van der Waals surface area contributed by atoms with Crippen LogP contribution in [0.1, 0.15) is 11.1 Å². The van der Waals surface area contributed by atoms with Crippen LogP contribution in [0.4, 0.5) is 0 Å². The monoisotopic (exact) mass is 222 g/mol. The Bertz CT molecular complexity index is 412. The van der Waals surface area contributed by atoms with E-state index >= 15 is 0 Å². The lowest BCUT2D eigenvalue weighted by Crippen LogP contribution is -1.96. The number of hydrogen-bond donors (Lipinski definition) is 1. The Morgan fingerprint density at radius 1 is 1.44 bits per heavy atom. The summed E-state index contributed by atoms with van der Waals surface area (Å²) in [4.78, 5) is 0. The van der Waals surface area contributed by atoms with Crippen LogP contribution in [0.2, 0.25) is 0 Å². The molecular formula is C12H14O4. The predicted octanol–water partition coefficient (Wildman–Crippen LogP) is 1.64. The smallest absolute Gasteiger partial charge is 0.231 e. The molecule has 0 unspecified atom stereocenters. The lowest BCUT2D eigenvalue weighted by molar-refractivity contribution is 0.168. The van der Waals surface area contributed by atoms with E-state index in [4.69, 9.17) is 14.2 Å². The van der Waals surface area contributed by atoms with Crippen molar-refractivity contribution in [3.8, 4) is 17.2 Å². The van der Waals surface area contributed by atoms with Gasteiger partial charge in [0, 0.05) is 11.1 Å². The third kappa shape index (κ3) is 1.61. The van der Waals surface area contributed by atoms with Gasteiger partial charge in [0.05, 0.1) is 13.7 Å². The SMILES string of the molecule is C=CCc1cc(CO)c2c(c1OC)OCO2. The maximum atomic E-state index is 9.26. The van der Waals surface area contributed by atoms with E-state index in [9.17, 15) is 5.11 Å². The van der Waals surface area contributed by atoms with E-state index in [1.54, 1.807) is 13.2 Å². The second-order valence-corrected chi connectivity index (χ2v) is 3.44. The van der Waals surface area contributed by atoms with Gasteiger partial charge in [0.1, 0.15) is 0 Å². The van der Waals surface area contributed by atoms with E-state index in [0.717, 1.165) is 5.56 Å². The number of ether oxygens (including phenoxy) is 3. The van der Waals surface area contributed by atoms with Crippen LogP contribution in [0.5, 0.6) is 17.2 Å². The highest BCUT2D eigenvalue weighted by Gasteiger charge is 2.25. The van der Waals surface area contributed by atoms with Crippen molar-refractivity contribution in [2.75, 3.05) is 13.9 Å². The van der Waals surface area contributed by atoms with Crippen molar-refractivity contribution in [2.45, 2.75) is 13.0 Å². The molecule has 0 aromatic heterocycles. The van der Waals surface area contributed by atoms with Gasteiger partial charge in [-0.05, 0) is 12.5 Å². The Hall–Kier alpha value is -1.68. The van der Waals surface area contributed by atoms with Crippen LogP contribution in [0.25, 0.3) is 0 Å². The molecule has 1 aromatic rings. The quantitative estimate of drug-likeness (QED) is 0.787. The molecule has 0 amide bonds. The topological polar surface area (TPSA) is 47.9 Å². The summed E-state index contributed by atoms with van der Waals surface area (Å²) in [6, 6.07) is 1.86. The molecular weight excluding hydrogens is 208 g/mol. The van der Waals surface area contributed by atoms with Crippen LogP contribution in [0, 0.1) is 0 Å². The third-order valence-corrected chi connectivity index (χ3v) is 2.49. The molecule has 0 aliphatic carbocycles. The Morgan fingerprint density at radius 2 is 2.19 bits per heavy atom. The van der Waals surface area contributed by atoms with Crippen molar-refractivity contribution in [3.63, 3.8) is 0 Å². The van der Waals surface area contributed by atoms with Gasteiger partial charge in [0.2, 0.25) is 12.5 Å². The molecule has 0 saturated heterocycles. The van der Waals surface area contributed by atoms with E-state index in [1.807, 2.05) is 6.07 Å². The summed E-state index contributed by atoms with van der Waals surface area (Å²) < 4.78 is 16.0. The average molecular weight is 222 g/mol. The van der Waals surface area contributed by atoms with Gasteiger partial charge in [-0.1, -0.05) is 6.08 Å². The fraction of sp³-hybridized carbons (Fsp3) is 0.333. The van der Waals surface area contributed by atoms with Crippen LogP contribution in [0.3, 0.4) is 0 Å². The molecule has 4 heteroatoms. The van der Waals surface area contributed by atoms with Gasteiger partial charge in [-0.15, -0.1) is 6.58 Å². The van der Waals surface area contributed by atoms with Crippen LogP contribution in [-0.4, -0.2) is 19.0 Å². The molecule has 86 valence electrons. The van der Waals surface area contributed by atoms with Crippen LogP contribution in [0.15, 0.2) is 18.7 Å². The van der Waals surface area contributed by atoms with Gasteiger partial charge in [-0.2, -0.15) is 0 Å². The first kappa shape index (κ1) is 10.8. The summed E-state index contributed by atoms with van der Waals surface area (Å²) in [6.07, 6.45) is 2.44. The molecule has 1 aromatic carbocycles. The first-order valence-electron chi connectivity index (χ1n) is 5.02. The molecule has 0 atom stereocenters. The summed E-state index contributed by atoms with van der Waals surface area (Å²) >= 11 is 0. The number of fused-ring (bicyclic) bond motifs is 1. The highest BCUT2D eigenvalue weighted by atomic mass is 16.7. The van der Waals surface area contributed by atoms with Crippen molar-refractivity contribution in [1.29, 1.82) is 0 Å². The number of allylic oxidation sites excluding steroid dienone is 1. The summed E-state index contributed by atoms with van der Waals surface area (Å²) in [5.41, 5.74) is 1.65. The van der Waals surface area contributed by atoms with Crippen molar-refractivity contribution >= 4 is 0 Å². The highest BCUT2D eigenvalue weighted by Crippen LogP contribution is 2.46. The van der Waals surface area contributed by atoms with E-state index in [2.05, 4.69) is 6.58 Å². The minimum absolute atomic E-state index is 0.0835. The molecule has 0 spiro atoms. The van der Waals surface area contributed by atoms with Crippen molar-refractivity contribution < 1.29 is 19.3 Å². The molecule has 2 rings (SSSR count). The van der Waals surface area contributed by atoms with E-state index < -0.39 is 0 Å². The molecule has 0 bridgehead atoms. The van der Waals surface area contributed by atoms with E-state index in [-0.39, 0.29) is 13.4 Å². The number of methoxy groups -OCH3 is 1. The maximum Gasteiger partial charge on any atom is 0.231 e. The maximum absolute atomic E-state index is 9.26. The zero-order valence-electron chi connectivity index (χ0n) is 9.16. The normalized spacial score (nSPS) is 12.6. The van der Waals surface area contributed by atoms with E-state index in [0.29, 0.717) is 29.2 Å². The average Bonchev–Trinajstić information content (AvgIpc) is 2.77. The molecule has 1 aliphatic heterocycles. The first-order chi connectivity index (χ1) is 7.81. The number of rotatable bonds is 4. The summed E-state index contributed by atoms with van der Waals surface area (Å²) in [7, 11) is 1.59. The fourth-order valence-electron chi connectivity index (χ4n) is 1.82. The van der Waals surface area contributed by atoms with E-state index in [1.165, 1.54) is 0 Å². The molecule has 1 N–H and O–H groups in total. The molecule has 0 saturated carbocycles. The number of hydrogen-bond acceptors (Lipinski definition) is 4. The minimum Gasteiger partial charge on any atom is -0.492 e. The first-order valence-corrected chi connectivity index (χ1v) is 5.02. The van der Waals surface area contributed by atoms with Crippen LogP contribution >= 0.6 is 0 Å². The Balaban J connectivity index is 2.58. The number of aliphatic hydroxyl groups is 1. The molecule has 1 heterocycles. The predicted molar refractivity (Wildman–Crippen MR) is 58.9 cm³/mol. The van der Waals surface area contributed by atoms with Gasteiger partial charge in [-0.25, -0.2) is 0 Å². The summed E-state index contributed by atoms with van der Waals surface area (Å²) in [5.74, 6) is 1.81. The molecule has 0 radical (unpaired) electrons. The van der Waals surface area contributed by atoms with Crippen molar-refractivity contribution in [3.05, 3.63) is 29.8 Å². The zero-order chi connectivity index (χ0) is 11.5. The molecule has 0 fully saturated rings. The lowest BCUT2D eigenvalue weighted by Gasteiger charge is -2.12. The van der Waals surface area contributed by atoms with Gasteiger partial charge in [0.25, 0.3) is 0 Å². The van der Waals surface area contributed by atoms with Crippen molar-refractivity contribution in [1.82, 2.24) is 0 Å². The number of aliphatic hydroxyl groups excluding tert-OH is 1. The van der Waals surface area contributed by atoms with Crippen molar-refractivity contribution in [2.24, 2.45) is 0 Å². The van der Waals surface area contributed by atoms with Gasteiger partial charge in [0.15, 0.2) is 11.5 Å². The highest BCUT2D eigenvalue weighted by molar-refractivity contribution is 5.61. The molecule has 4 nitrogen and oxygen atoms in total. The fourth-order valence-corrected chi connectivity index (χ4v) is 1.82. The lowest BCUT2D eigenvalue weighted by atomic mass is 10.0. The van der Waals surface area contributed by atoms with Gasteiger partial charge in [-0.3, -0.25) is 0 Å². The van der Waals surface area contributed by atoms with Gasteiger partial charge >= 0.3 is 0 Å². The third-order valence-electron chi connectivity index (χ3n) is 2.49. The summed E-state index contributed by atoms with van der Waals surface area (Å²) in [5, 5.41) is 9.26. The second kappa shape index (κ2) is 4.45. The van der Waals surface area contributed by atoms with Crippen LogP contribution in [-0.2, 0) is 13.0 Å². The molecule has 16 heavy (non-hydrogen) atoms. The Kier molecular flexibility index (Phi) is 3.01. The standard InChI is InChI=1S/C12H14O4/c1-3-4-8-5-9(6-13)11-12(10(8)14-2)16-7-15-11/h3,5,13H,1,4,6-7H2,2H3. The largest absolute Gasteiger partial charge is 0.492 e. The number of benzene rings is 1.